The molecule has 0 radical (unpaired) electrons. The lowest BCUT2D eigenvalue weighted by molar-refractivity contribution is -0.116. The maximum Gasteiger partial charge on any atom is 0.243 e. The van der Waals surface area contributed by atoms with Crippen LogP contribution in [0.4, 0.5) is 0 Å². The summed E-state index contributed by atoms with van der Waals surface area (Å²) in [4.78, 5) is 10.7. The van der Waals surface area contributed by atoms with Gasteiger partial charge in [0.15, 0.2) is 0 Å². The Hall–Kier alpha value is -0.830. The van der Waals surface area contributed by atoms with Crippen LogP contribution in [0.1, 0.15) is 12.8 Å². The van der Waals surface area contributed by atoms with Crippen LogP contribution in [0, 0.1) is 0 Å². The number of amides is 1. The number of rotatable bonds is 3. The minimum atomic E-state index is -0.125. The molecule has 0 saturated carbocycles. The predicted molar refractivity (Wildman–Crippen MR) is 42.2 cm³/mol. The van der Waals surface area contributed by atoms with Gasteiger partial charge in [-0.3, -0.25) is 4.79 Å². The highest BCUT2D eigenvalue weighted by Crippen LogP contribution is 2.10. The molecule has 0 spiro atoms. The summed E-state index contributed by atoms with van der Waals surface area (Å²) in [5.41, 5.74) is 0. The van der Waals surface area contributed by atoms with E-state index in [0.29, 0.717) is 6.54 Å². The predicted octanol–water partition coefficient (Wildman–Crippen LogP) is 0.468. The van der Waals surface area contributed by atoms with Gasteiger partial charge in [-0.2, -0.15) is 0 Å². The summed E-state index contributed by atoms with van der Waals surface area (Å²) in [6.07, 6.45) is 3.65. The normalized spacial score (nSPS) is 23.1. The van der Waals surface area contributed by atoms with Crippen LogP contribution in [0.15, 0.2) is 12.7 Å². The van der Waals surface area contributed by atoms with E-state index in [1.54, 1.807) is 0 Å². The van der Waals surface area contributed by atoms with Crippen LogP contribution < -0.4 is 5.32 Å². The Labute approximate surface area is 66.4 Å². The van der Waals surface area contributed by atoms with Crippen molar-refractivity contribution in [1.29, 1.82) is 0 Å². The molecule has 1 unspecified atom stereocenters. The third kappa shape index (κ3) is 2.72. The van der Waals surface area contributed by atoms with Crippen molar-refractivity contribution in [3.8, 4) is 0 Å². The Bertz CT molecular complexity index is 150. The van der Waals surface area contributed by atoms with E-state index in [1.807, 2.05) is 0 Å². The van der Waals surface area contributed by atoms with Gasteiger partial charge in [0.05, 0.1) is 6.10 Å². The van der Waals surface area contributed by atoms with E-state index >= 15 is 0 Å². The molecular formula is C8H13NO2. The largest absolute Gasteiger partial charge is 0.376 e. The van der Waals surface area contributed by atoms with Crippen LogP contribution in [0.5, 0.6) is 0 Å². The second kappa shape index (κ2) is 4.13. The Kier molecular flexibility index (Phi) is 3.11. The van der Waals surface area contributed by atoms with E-state index in [1.165, 1.54) is 6.08 Å². The highest BCUT2D eigenvalue weighted by atomic mass is 16.5. The van der Waals surface area contributed by atoms with Crippen LogP contribution in [0.3, 0.4) is 0 Å². The van der Waals surface area contributed by atoms with Crippen molar-refractivity contribution in [2.45, 2.75) is 18.9 Å². The molecule has 1 heterocycles. The third-order valence-electron chi connectivity index (χ3n) is 1.71. The number of hydrogen-bond donors (Lipinski definition) is 1. The first-order valence-corrected chi connectivity index (χ1v) is 3.85. The lowest BCUT2D eigenvalue weighted by Gasteiger charge is -2.08. The van der Waals surface area contributed by atoms with Gasteiger partial charge >= 0.3 is 0 Å². The molecule has 62 valence electrons. The van der Waals surface area contributed by atoms with Gasteiger partial charge in [0.25, 0.3) is 0 Å². The molecule has 1 atom stereocenters. The van der Waals surface area contributed by atoms with E-state index in [0.717, 1.165) is 19.4 Å². The van der Waals surface area contributed by atoms with Crippen LogP contribution in [0.2, 0.25) is 0 Å². The average Bonchev–Trinajstić information content (AvgIpc) is 2.52. The van der Waals surface area contributed by atoms with E-state index in [2.05, 4.69) is 11.9 Å². The van der Waals surface area contributed by atoms with Gasteiger partial charge in [0, 0.05) is 13.2 Å². The maximum atomic E-state index is 10.7. The van der Waals surface area contributed by atoms with Crippen LogP contribution in [0.25, 0.3) is 0 Å². The molecule has 0 bridgehead atoms. The molecule has 1 aliphatic rings. The van der Waals surface area contributed by atoms with Crippen molar-refractivity contribution >= 4 is 5.91 Å². The number of ether oxygens (including phenoxy) is 1. The first kappa shape index (κ1) is 8.27. The smallest absolute Gasteiger partial charge is 0.243 e. The van der Waals surface area contributed by atoms with Gasteiger partial charge < -0.3 is 10.1 Å². The maximum absolute atomic E-state index is 10.7. The lowest BCUT2D eigenvalue weighted by atomic mass is 10.2. The number of carbonyl (C=O) groups is 1. The van der Waals surface area contributed by atoms with Crippen molar-refractivity contribution in [2.24, 2.45) is 0 Å². The quantitative estimate of drug-likeness (QED) is 0.601. The van der Waals surface area contributed by atoms with Gasteiger partial charge in [-0.1, -0.05) is 6.58 Å². The molecule has 1 rings (SSSR count). The second-order valence-corrected chi connectivity index (χ2v) is 2.58. The molecule has 1 amide bonds. The van der Waals surface area contributed by atoms with E-state index in [-0.39, 0.29) is 12.0 Å². The fourth-order valence-electron chi connectivity index (χ4n) is 1.09. The summed E-state index contributed by atoms with van der Waals surface area (Å²) in [6.45, 7) is 4.80. The fourth-order valence-corrected chi connectivity index (χ4v) is 1.09. The summed E-state index contributed by atoms with van der Waals surface area (Å²) >= 11 is 0. The molecule has 0 aromatic rings. The Morgan fingerprint density at radius 2 is 2.64 bits per heavy atom. The van der Waals surface area contributed by atoms with Gasteiger partial charge in [-0.05, 0) is 18.9 Å². The molecule has 1 N–H and O–H groups in total. The van der Waals surface area contributed by atoms with Crippen molar-refractivity contribution in [3.63, 3.8) is 0 Å². The molecule has 3 nitrogen and oxygen atoms in total. The Morgan fingerprint density at radius 1 is 1.82 bits per heavy atom. The van der Waals surface area contributed by atoms with Crippen LogP contribution >= 0.6 is 0 Å². The summed E-state index contributed by atoms with van der Waals surface area (Å²) in [5, 5.41) is 2.69. The molecular weight excluding hydrogens is 142 g/mol. The molecule has 1 aliphatic heterocycles. The van der Waals surface area contributed by atoms with E-state index < -0.39 is 0 Å². The summed E-state index contributed by atoms with van der Waals surface area (Å²) in [5.74, 6) is -0.125. The van der Waals surface area contributed by atoms with Gasteiger partial charge in [-0.15, -0.1) is 0 Å². The molecule has 0 aromatic heterocycles. The first-order valence-electron chi connectivity index (χ1n) is 3.85. The zero-order valence-corrected chi connectivity index (χ0v) is 6.51. The zero-order valence-electron chi connectivity index (χ0n) is 6.51. The Morgan fingerprint density at radius 3 is 3.18 bits per heavy atom. The third-order valence-corrected chi connectivity index (χ3v) is 1.71. The standard InChI is InChI=1S/C8H13NO2/c1-2-8(10)9-6-7-4-3-5-11-7/h2,7H,1,3-6H2,(H,9,10). The SMILES string of the molecule is C=CC(=O)NCC1CCCO1. The van der Waals surface area contributed by atoms with Gasteiger partial charge in [-0.25, -0.2) is 0 Å². The monoisotopic (exact) mass is 155 g/mol. The number of carbonyl (C=O) groups excluding carboxylic acids is 1. The molecule has 1 saturated heterocycles. The minimum absolute atomic E-state index is 0.125. The highest BCUT2D eigenvalue weighted by Gasteiger charge is 2.14. The van der Waals surface area contributed by atoms with Crippen LogP contribution in [-0.4, -0.2) is 25.2 Å². The zero-order chi connectivity index (χ0) is 8.10. The van der Waals surface area contributed by atoms with Crippen molar-refractivity contribution in [1.82, 2.24) is 5.32 Å². The second-order valence-electron chi connectivity index (χ2n) is 2.58. The summed E-state index contributed by atoms with van der Waals surface area (Å²) in [7, 11) is 0. The molecule has 3 heteroatoms. The molecule has 11 heavy (non-hydrogen) atoms. The van der Waals surface area contributed by atoms with E-state index in [9.17, 15) is 4.79 Å². The topological polar surface area (TPSA) is 38.3 Å². The lowest BCUT2D eigenvalue weighted by Crippen LogP contribution is -2.30. The summed E-state index contributed by atoms with van der Waals surface area (Å²) in [6, 6.07) is 0. The van der Waals surface area contributed by atoms with Crippen molar-refractivity contribution in [2.75, 3.05) is 13.2 Å². The van der Waals surface area contributed by atoms with E-state index in [4.69, 9.17) is 4.74 Å². The number of hydrogen-bond acceptors (Lipinski definition) is 2. The first-order chi connectivity index (χ1) is 5.33. The summed E-state index contributed by atoms with van der Waals surface area (Å²) < 4.78 is 5.30. The molecule has 0 aromatic carbocycles. The van der Waals surface area contributed by atoms with Gasteiger partial charge in [0.1, 0.15) is 0 Å². The minimum Gasteiger partial charge on any atom is -0.376 e. The highest BCUT2D eigenvalue weighted by molar-refractivity contribution is 5.86. The average molecular weight is 155 g/mol. The Balaban J connectivity index is 2.10. The van der Waals surface area contributed by atoms with Gasteiger partial charge in [0.2, 0.25) is 5.91 Å². The van der Waals surface area contributed by atoms with Crippen molar-refractivity contribution < 1.29 is 9.53 Å². The molecule has 0 aliphatic carbocycles. The van der Waals surface area contributed by atoms with Crippen LogP contribution in [-0.2, 0) is 9.53 Å². The number of nitrogens with one attached hydrogen (secondary N) is 1. The molecule has 1 fully saturated rings. The fraction of sp³-hybridized carbons (Fsp3) is 0.625. The van der Waals surface area contributed by atoms with Crippen molar-refractivity contribution in [3.05, 3.63) is 12.7 Å².